The lowest BCUT2D eigenvalue weighted by molar-refractivity contribution is -0.138. The molecule has 1 unspecified atom stereocenters. The summed E-state index contributed by atoms with van der Waals surface area (Å²) in [6.45, 7) is 1.98. The molecule has 110 valence electrons. The second-order valence-electron chi connectivity index (χ2n) is 4.37. The summed E-state index contributed by atoms with van der Waals surface area (Å²) in [5.74, 6) is -1.75. The van der Waals surface area contributed by atoms with Crippen molar-refractivity contribution in [2.24, 2.45) is 5.92 Å². The highest BCUT2D eigenvalue weighted by molar-refractivity contribution is 9.10. The third-order valence-corrected chi connectivity index (χ3v) is 4.05. The SMILES string of the molecule is CC(CC(=O)O)CC(=O)NC(=O)NCc1cc(Br)cs1. The van der Waals surface area contributed by atoms with Crippen molar-refractivity contribution in [3.8, 4) is 0 Å². The Labute approximate surface area is 128 Å². The molecule has 0 aliphatic carbocycles. The lowest BCUT2D eigenvalue weighted by Crippen LogP contribution is -2.39. The normalized spacial score (nSPS) is 11.7. The van der Waals surface area contributed by atoms with Crippen LogP contribution in [-0.4, -0.2) is 23.0 Å². The van der Waals surface area contributed by atoms with Crippen LogP contribution in [0.5, 0.6) is 0 Å². The minimum Gasteiger partial charge on any atom is -0.481 e. The molecule has 0 spiro atoms. The molecule has 20 heavy (non-hydrogen) atoms. The van der Waals surface area contributed by atoms with Gasteiger partial charge in [-0.25, -0.2) is 4.79 Å². The van der Waals surface area contributed by atoms with Crippen LogP contribution < -0.4 is 10.6 Å². The fraction of sp³-hybridized carbons (Fsp3) is 0.417. The molecule has 1 rings (SSSR count). The maximum Gasteiger partial charge on any atom is 0.321 e. The van der Waals surface area contributed by atoms with Crippen molar-refractivity contribution >= 4 is 45.2 Å². The largest absolute Gasteiger partial charge is 0.481 e. The lowest BCUT2D eigenvalue weighted by atomic mass is 10.0. The van der Waals surface area contributed by atoms with Gasteiger partial charge in [0.1, 0.15) is 0 Å². The van der Waals surface area contributed by atoms with Crippen molar-refractivity contribution in [3.63, 3.8) is 0 Å². The number of carbonyl (C=O) groups is 3. The van der Waals surface area contributed by atoms with E-state index in [-0.39, 0.29) is 18.8 Å². The summed E-state index contributed by atoms with van der Waals surface area (Å²) in [6, 6.07) is 1.30. The van der Waals surface area contributed by atoms with Gasteiger partial charge in [0.2, 0.25) is 5.91 Å². The van der Waals surface area contributed by atoms with Crippen molar-refractivity contribution in [1.82, 2.24) is 10.6 Å². The van der Waals surface area contributed by atoms with E-state index in [0.717, 1.165) is 9.35 Å². The number of thiophene rings is 1. The first-order chi connectivity index (χ1) is 9.36. The molecule has 1 atom stereocenters. The van der Waals surface area contributed by atoms with E-state index in [0.29, 0.717) is 6.54 Å². The molecule has 3 N–H and O–H groups in total. The Morgan fingerprint density at radius 3 is 2.65 bits per heavy atom. The summed E-state index contributed by atoms with van der Waals surface area (Å²) in [5.41, 5.74) is 0. The first-order valence-corrected chi connectivity index (χ1v) is 7.56. The summed E-state index contributed by atoms with van der Waals surface area (Å²) < 4.78 is 0.943. The van der Waals surface area contributed by atoms with Crippen LogP contribution in [0.2, 0.25) is 0 Å². The lowest BCUT2D eigenvalue weighted by Gasteiger charge is -2.09. The molecule has 0 bridgehead atoms. The van der Waals surface area contributed by atoms with Gasteiger partial charge in [-0.2, -0.15) is 0 Å². The number of imide groups is 1. The van der Waals surface area contributed by atoms with Crippen molar-refractivity contribution in [2.45, 2.75) is 26.3 Å². The number of hydrogen-bond acceptors (Lipinski definition) is 4. The van der Waals surface area contributed by atoms with Gasteiger partial charge in [-0.1, -0.05) is 6.92 Å². The van der Waals surface area contributed by atoms with E-state index < -0.39 is 17.9 Å². The topological polar surface area (TPSA) is 95.5 Å². The number of hydrogen-bond donors (Lipinski definition) is 3. The number of aliphatic carboxylic acids is 1. The van der Waals surface area contributed by atoms with E-state index in [2.05, 4.69) is 26.6 Å². The second-order valence-corrected chi connectivity index (χ2v) is 6.28. The van der Waals surface area contributed by atoms with Gasteiger partial charge < -0.3 is 10.4 Å². The smallest absolute Gasteiger partial charge is 0.321 e. The quantitative estimate of drug-likeness (QED) is 0.723. The number of amides is 3. The third-order valence-electron chi connectivity index (χ3n) is 2.35. The fourth-order valence-electron chi connectivity index (χ4n) is 1.52. The van der Waals surface area contributed by atoms with E-state index in [1.165, 1.54) is 11.3 Å². The van der Waals surface area contributed by atoms with Gasteiger partial charge in [0, 0.05) is 27.6 Å². The highest BCUT2D eigenvalue weighted by Crippen LogP contribution is 2.19. The van der Waals surface area contributed by atoms with Gasteiger partial charge in [0.15, 0.2) is 0 Å². The van der Waals surface area contributed by atoms with Crippen LogP contribution in [0.1, 0.15) is 24.6 Å². The molecule has 1 aromatic rings. The van der Waals surface area contributed by atoms with Crippen LogP contribution in [0.25, 0.3) is 0 Å². The van der Waals surface area contributed by atoms with E-state index in [9.17, 15) is 14.4 Å². The number of carbonyl (C=O) groups excluding carboxylic acids is 2. The molecule has 1 aromatic heterocycles. The second kappa shape index (κ2) is 8.01. The monoisotopic (exact) mass is 362 g/mol. The molecular weight excluding hydrogens is 348 g/mol. The van der Waals surface area contributed by atoms with Crippen molar-refractivity contribution in [1.29, 1.82) is 0 Å². The van der Waals surface area contributed by atoms with Crippen LogP contribution in [0.15, 0.2) is 15.9 Å². The van der Waals surface area contributed by atoms with Crippen molar-refractivity contribution in [3.05, 3.63) is 20.8 Å². The first kappa shape index (κ1) is 16.6. The highest BCUT2D eigenvalue weighted by atomic mass is 79.9. The molecule has 0 aliphatic heterocycles. The average Bonchev–Trinajstić information content (AvgIpc) is 2.71. The standard InChI is InChI=1S/C12H15BrN2O4S/c1-7(3-11(17)18)2-10(16)15-12(19)14-5-9-4-8(13)6-20-9/h4,6-7H,2-3,5H2,1H3,(H,17,18)(H2,14,15,16,19). The zero-order chi connectivity index (χ0) is 15.1. The Morgan fingerprint density at radius 1 is 1.40 bits per heavy atom. The number of carboxylic acid groups (broad SMARTS) is 1. The van der Waals surface area contributed by atoms with Gasteiger partial charge in [-0.3, -0.25) is 14.9 Å². The highest BCUT2D eigenvalue weighted by Gasteiger charge is 2.14. The zero-order valence-electron chi connectivity index (χ0n) is 10.8. The Morgan fingerprint density at radius 2 is 2.10 bits per heavy atom. The summed E-state index contributed by atoms with van der Waals surface area (Å²) >= 11 is 4.79. The summed E-state index contributed by atoms with van der Waals surface area (Å²) in [6.07, 6.45) is -0.0947. The molecule has 0 saturated carbocycles. The number of urea groups is 1. The summed E-state index contributed by atoms with van der Waals surface area (Å²) in [5, 5.41) is 15.2. The third kappa shape index (κ3) is 6.67. The van der Waals surface area contributed by atoms with E-state index in [1.807, 2.05) is 11.4 Å². The van der Waals surface area contributed by atoms with Gasteiger partial charge in [0.05, 0.1) is 6.54 Å². The number of nitrogens with one attached hydrogen (secondary N) is 2. The summed E-state index contributed by atoms with van der Waals surface area (Å²) in [7, 11) is 0. The Balaban J connectivity index is 2.27. The number of carboxylic acids is 1. The van der Waals surface area contributed by atoms with Gasteiger partial charge in [0.25, 0.3) is 0 Å². The van der Waals surface area contributed by atoms with Crippen LogP contribution >= 0.6 is 27.3 Å². The number of halogens is 1. The predicted molar refractivity (Wildman–Crippen MR) is 78.4 cm³/mol. The molecule has 1 heterocycles. The molecule has 6 nitrogen and oxygen atoms in total. The minimum absolute atomic E-state index is 0.00424. The molecule has 0 aromatic carbocycles. The molecule has 0 radical (unpaired) electrons. The predicted octanol–water partition coefficient (Wildman–Crippen LogP) is 2.34. The van der Waals surface area contributed by atoms with Crippen LogP contribution in [0.3, 0.4) is 0 Å². The van der Waals surface area contributed by atoms with Gasteiger partial charge >= 0.3 is 12.0 Å². The Hall–Kier alpha value is -1.41. The van der Waals surface area contributed by atoms with Crippen LogP contribution in [0.4, 0.5) is 4.79 Å². The Kier molecular flexibility index (Phi) is 6.66. The maximum absolute atomic E-state index is 11.5. The average molecular weight is 363 g/mol. The Bertz CT molecular complexity index is 503. The van der Waals surface area contributed by atoms with Gasteiger partial charge in [-0.05, 0) is 27.9 Å². The van der Waals surface area contributed by atoms with E-state index >= 15 is 0 Å². The molecule has 8 heteroatoms. The molecule has 3 amide bonds. The number of rotatable bonds is 6. The van der Waals surface area contributed by atoms with E-state index in [4.69, 9.17) is 5.11 Å². The molecular formula is C12H15BrN2O4S. The van der Waals surface area contributed by atoms with Crippen molar-refractivity contribution in [2.75, 3.05) is 0 Å². The molecule has 0 fully saturated rings. The van der Waals surface area contributed by atoms with Crippen LogP contribution in [-0.2, 0) is 16.1 Å². The molecule has 0 saturated heterocycles. The fourth-order valence-corrected chi connectivity index (χ4v) is 2.91. The molecule has 0 aliphatic rings. The summed E-state index contributed by atoms with van der Waals surface area (Å²) in [4.78, 5) is 34.4. The van der Waals surface area contributed by atoms with Gasteiger partial charge in [-0.15, -0.1) is 11.3 Å². The minimum atomic E-state index is -0.960. The van der Waals surface area contributed by atoms with Crippen molar-refractivity contribution < 1.29 is 19.5 Å². The van der Waals surface area contributed by atoms with E-state index in [1.54, 1.807) is 6.92 Å². The zero-order valence-corrected chi connectivity index (χ0v) is 13.2. The maximum atomic E-state index is 11.5. The van der Waals surface area contributed by atoms with Crippen LogP contribution in [0, 0.1) is 5.92 Å². The first-order valence-electron chi connectivity index (χ1n) is 5.89.